The maximum Gasteiger partial charge on any atom is 0.134 e. The van der Waals surface area contributed by atoms with Gasteiger partial charge in [-0.3, -0.25) is 4.90 Å². The van der Waals surface area contributed by atoms with Gasteiger partial charge < -0.3 is 14.6 Å². The average Bonchev–Trinajstić information content (AvgIpc) is 3.12. The van der Waals surface area contributed by atoms with Crippen LogP contribution < -0.4 is 9.47 Å². The van der Waals surface area contributed by atoms with Crippen molar-refractivity contribution in [3.05, 3.63) is 48.0 Å². The number of benzene rings is 2. The Morgan fingerprint density at radius 2 is 2.07 bits per heavy atom. The van der Waals surface area contributed by atoms with Crippen LogP contribution in [0.5, 0.6) is 17.2 Å². The Bertz CT molecular complexity index is 780. The number of likely N-dealkylation sites (tertiary alicyclic amines) is 1. The second kappa shape index (κ2) is 8.03. The van der Waals surface area contributed by atoms with Gasteiger partial charge in [0.15, 0.2) is 0 Å². The van der Waals surface area contributed by atoms with Gasteiger partial charge in [-0.2, -0.15) is 0 Å². The van der Waals surface area contributed by atoms with Crippen LogP contribution in [-0.4, -0.2) is 41.5 Å². The van der Waals surface area contributed by atoms with Crippen molar-refractivity contribution in [1.29, 1.82) is 0 Å². The van der Waals surface area contributed by atoms with Gasteiger partial charge in [0.05, 0.1) is 4.90 Å². The molecule has 3 atom stereocenters. The molecule has 4 rings (SSSR count). The molecule has 2 aliphatic heterocycles. The maximum atomic E-state index is 9.59. The van der Waals surface area contributed by atoms with E-state index in [1.165, 1.54) is 19.5 Å². The van der Waals surface area contributed by atoms with Crippen LogP contribution in [-0.2, 0) is 0 Å². The number of fused-ring (bicyclic) bond motifs is 1. The monoisotopic (exact) mass is 385 g/mol. The third-order valence-electron chi connectivity index (χ3n) is 5.41. The fraction of sp³-hybridized carbons (Fsp3) is 0.455. The average molecular weight is 386 g/mol. The topological polar surface area (TPSA) is 41.9 Å². The highest BCUT2D eigenvalue weighted by atomic mass is 32.2. The van der Waals surface area contributed by atoms with Crippen molar-refractivity contribution in [2.75, 3.05) is 25.4 Å². The summed E-state index contributed by atoms with van der Waals surface area (Å²) in [5.41, 5.74) is 1.15. The van der Waals surface area contributed by atoms with Crippen LogP contribution in [0.25, 0.3) is 0 Å². The minimum Gasteiger partial charge on any atom is -0.508 e. The lowest BCUT2D eigenvalue weighted by molar-refractivity contribution is 0.169. The molecule has 0 spiro atoms. The Kier molecular flexibility index (Phi) is 5.50. The fourth-order valence-corrected chi connectivity index (χ4v) is 4.75. The zero-order valence-electron chi connectivity index (χ0n) is 15.9. The third-order valence-corrected chi connectivity index (χ3v) is 6.51. The first kappa shape index (κ1) is 18.5. The molecule has 2 aromatic carbocycles. The van der Waals surface area contributed by atoms with Gasteiger partial charge in [-0.05, 0) is 61.7 Å². The number of hydrogen-bond donors (Lipinski definition) is 1. The van der Waals surface area contributed by atoms with E-state index < -0.39 is 0 Å². The fourth-order valence-electron chi connectivity index (χ4n) is 3.69. The van der Waals surface area contributed by atoms with Crippen LogP contribution in [0.2, 0.25) is 0 Å². The molecule has 1 fully saturated rings. The number of nitrogens with zero attached hydrogens (tertiary/aromatic N) is 1. The first-order valence-electron chi connectivity index (χ1n) is 9.68. The number of rotatable bonds is 5. The smallest absolute Gasteiger partial charge is 0.134 e. The zero-order valence-corrected chi connectivity index (χ0v) is 16.7. The summed E-state index contributed by atoms with van der Waals surface area (Å²) in [6.07, 6.45) is 1.31. The molecule has 2 aliphatic rings. The molecule has 0 bridgehead atoms. The van der Waals surface area contributed by atoms with Gasteiger partial charge in [-0.1, -0.05) is 19.1 Å². The van der Waals surface area contributed by atoms with Gasteiger partial charge in [0.2, 0.25) is 0 Å². The molecule has 144 valence electrons. The highest BCUT2D eigenvalue weighted by Gasteiger charge is 2.24. The molecule has 2 aromatic rings. The summed E-state index contributed by atoms with van der Waals surface area (Å²) in [6, 6.07) is 14.0. The van der Waals surface area contributed by atoms with Crippen LogP contribution in [0.15, 0.2) is 47.4 Å². The summed E-state index contributed by atoms with van der Waals surface area (Å²) in [7, 11) is 0. The van der Waals surface area contributed by atoms with Crippen LogP contribution >= 0.6 is 11.8 Å². The first-order valence-corrected chi connectivity index (χ1v) is 10.7. The van der Waals surface area contributed by atoms with Crippen molar-refractivity contribution in [2.45, 2.75) is 37.3 Å². The lowest BCUT2D eigenvalue weighted by atomic mass is 10.1. The van der Waals surface area contributed by atoms with Crippen molar-refractivity contribution in [3.8, 4) is 17.2 Å². The van der Waals surface area contributed by atoms with E-state index in [-0.39, 0.29) is 11.9 Å². The Balaban J connectivity index is 1.33. The molecule has 0 amide bonds. The van der Waals surface area contributed by atoms with Crippen LogP contribution in [0.1, 0.15) is 31.9 Å². The summed E-state index contributed by atoms with van der Waals surface area (Å²) in [6.45, 7) is 7.65. The Hall–Kier alpha value is -1.85. The van der Waals surface area contributed by atoms with E-state index in [4.69, 9.17) is 9.47 Å². The van der Waals surface area contributed by atoms with Crippen molar-refractivity contribution < 1.29 is 14.6 Å². The Morgan fingerprint density at radius 1 is 1.26 bits per heavy atom. The third kappa shape index (κ3) is 4.36. The molecule has 2 heterocycles. The number of phenols is 1. The van der Waals surface area contributed by atoms with Gasteiger partial charge >= 0.3 is 0 Å². The molecule has 0 radical (unpaired) electrons. The standard InChI is InChI=1S/C22H27NO3S/c1-15-9-10-23(12-15)16(2)13-25-19-6-3-17(4-7-19)21-14-27-22-11-18(24)5-8-20(22)26-21/h3-8,11,15-16,21,24H,9-10,12-14H2,1-2H3/t15-,16-,21+/m0/s1. The number of phenolic OH excluding ortho intramolecular Hbond substituents is 1. The normalized spacial score (nSPS) is 23.5. The Morgan fingerprint density at radius 3 is 2.81 bits per heavy atom. The maximum absolute atomic E-state index is 9.59. The minimum atomic E-state index is 0.0195. The van der Waals surface area contributed by atoms with E-state index in [1.54, 1.807) is 23.9 Å². The van der Waals surface area contributed by atoms with Crippen molar-refractivity contribution >= 4 is 11.8 Å². The number of ether oxygens (including phenoxy) is 2. The predicted molar refractivity (Wildman–Crippen MR) is 109 cm³/mol. The summed E-state index contributed by atoms with van der Waals surface area (Å²) in [5, 5.41) is 9.59. The van der Waals surface area contributed by atoms with Gasteiger partial charge in [-0.15, -0.1) is 11.8 Å². The largest absolute Gasteiger partial charge is 0.508 e. The summed E-state index contributed by atoms with van der Waals surface area (Å²) >= 11 is 1.72. The second-order valence-electron chi connectivity index (χ2n) is 7.67. The Labute approximate surface area is 165 Å². The summed E-state index contributed by atoms with van der Waals surface area (Å²) < 4.78 is 12.1. The molecule has 0 aliphatic carbocycles. The first-order chi connectivity index (χ1) is 13.1. The molecule has 0 aromatic heterocycles. The summed E-state index contributed by atoms with van der Waals surface area (Å²) in [4.78, 5) is 3.51. The number of hydrogen-bond acceptors (Lipinski definition) is 5. The van der Waals surface area contributed by atoms with E-state index >= 15 is 0 Å². The van der Waals surface area contributed by atoms with E-state index in [0.29, 0.717) is 6.04 Å². The van der Waals surface area contributed by atoms with Gasteiger partial charge in [0.1, 0.15) is 30.0 Å². The highest BCUT2D eigenvalue weighted by molar-refractivity contribution is 7.99. The van der Waals surface area contributed by atoms with Crippen molar-refractivity contribution in [1.82, 2.24) is 4.90 Å². The molecular weight excluding hydrogens is 358 g/mol. The molecule has 4 nitrogen and oxygen atoms in total. The van der Waals surface area contributed by atoms with Crippen LogP contribution in [0.3, 0.4) is 0 Å². The lowest BCUT2D eigenvalue weighted by Gasteiger charge is -2.26. The van der Waals surface area contributed by atoms with Crippen molar-refractivity contribution in [2.24, 2.45) is 5.92 Å². The van der Waals surface area contributed by atoms with Crippen LogP contribution in [0, 0.1) is 5.92 Å². The van der Waals surface area contributed by atoms with E-state index in [0.717, 1.165) is 40.2 Å². The minimum absolute atomic E-state index is 0.0195. The van der Waals surface area contributed by atoms with Crippen molar-refractivity contribution in [3.63, 3.8) is 0 Å². The molecule has 1 N–H and O–H groups in total. The molecule has 0 saturated carbocycles. The number of thioether (sulfide) groups is 1. The quantitative estimate of drug-likeness (QED) is 0.806. The predicted octanol–water partition coefficient (Wildman–Crippen LogP) is 4.73. The van der Waals surface area contributed by atoms with Gasteiger partial charge in [0, 0.05) is 18.3 Å². The zero-order chi connectivity index (χ0) is 18.8. The summed E-state index contributed by atoms with van der Waals surface area (Å²) in [5.74, 6) is 3.66. The molecule has 0 unspecified atom stereocenters. The van der Waals surface area contributed by atoms with E-state index in [1.807, 2.05) is 18.2 Å². The van der Waals surface area contributed by atoms with E-state index in [2.05, 4.69) is 30.9 Å². The number of aromatic hydroxyl groups is 1. The van der Waals surface area contributed by atoms with E-state index in [9.17, 15) is 5.11 Å². The molecular formula is C22H27NO3S. The molecule has 1 saturated heterocycles. The lowest BCUT2D eigenvalue weighted by Crippen LogP contribution is -2.35. The molecule has 5 heteroatoms. The van der Waals surface area contributed by atoms with Gasteiger partial charge in [-0.25, -0.2) is 0 Å². The second-order valence-corrected chi connectivity index (χ2v) is 8.73. The molecule has 27 heavy (non-hydrogen) atoms. The SMILES string of the molecule is C[C@H]1CCN([C@@H](C)COc2ccc([C@H]3CSc4cc(O)ccc4O3)cc2)C1. The highest BCUT2D eigenvalue weighted by Crippen LogP contribution is 2.42. The van der Waals surface area contributed by atoms with Gasteiger partial charge in [0.25, 0.3) is 0 Å². The van der Waals surface area contributed by atoms with Crippen LogP contribution in [0.4, 0.5) is 0 Å².